The van der Waals surface area contributed by atoms with Crippen molar-refractivity contribution in [3.8, 4) is 0 Å². The molecule has 0 spiro atoms. The van der Waals surface area contributed by atoms with Gasteiger partial charge >= 0.3 is 5.97 Å². The average Bonchev–Trinajstić information content (AvgIpc) is 2.98. The quantitative estimate of drug-likeness (QED) is 0.524. The molecular weight excluding hydrogens is 320 g/mol. The first kappa shape index (κ1) is 18.4. The summed E-state index contributed by atoms with van der Waals surface area (Å²) in [5.74, 6) is -0.412. The van der Waals surface area contributed by atoms with Crippen molar-refractivity contribution in [2.45, 2.75) is 58.3 Å². The van der Waals surface area contributed by atoms with Crippen LogP contribution in [-0.2, 0) is 9.53 Å². The van der Waals surface area contributed by atoms with Crippen molar-refractivity contribution in [2.75, 3.05) is 6.61 Å². The standard InChI is InChI=1S/C20H28O5/c1-12-6-5-7-14-18(2,9-8-13-10-15(21)25-11-13)20(4,24)17(23)16(22)19(12,14)3/h6,8-10,14,16-17,22-24H,5,7,11H2,1-4H3/b9-8+/t14-,16+,17+,18+,19+,20+/m1/s1. The van der Waals surface area contributed by atoms with Crippen molar-refractivity contribution < 1.29 is 24.9 Å². The number of carbonyl (C=O) groups excluding carboxylic acids is 1. The first-order chi connectivity index (χ1) is 11.5. The monoisotopic (exact) mass is 348 g/mol. The Bertz CT molecular complexity index is 674. The maximum Gasteiger partial charge on any atom is 0.331 e. The van der Waals surface area contributed by atoms with Crippen LogP contribution in [0.15, 0.2) is 35.5 Å². The number of rotatable bonds is 2. The molecule has 138 valence electrons. The molecule has 5 heteroatoms. The SMILES string of the molecule is CC1=CCC[C@H]2[C@@]1(C)[C@@H](O)[C@H](O)[C@](C)(O)[C@@]2(C)/C=C/C1=CC(=O)OC1. The van der Waals surface area contributed by atoms with Crippen LogP contribution in [0.2, 0.25) is 0 Å². The van der Waals surface area contributed by atoms with E-state index in [2.05, 4.69) is 6.08 Å². The van der Waals surface area contributed by atoms with Gasteiger partial charge in [0.05, 0.1) is 11.7 Å². The summed E-state index contributed by atoms with van der Waals surface area (Å²) in [7, 11) is 0. The number of esters is 1. The molecule has 1 fully saturated rings. The van der Waals surface area contributed by atoms with Gasteiger partial charge in [-0.2, -0.15) is 0 Å². The number of ether oxygens (including phenoxy) is 1. The zero-order valence-corrected chi connectivity index (χ0v) is 15.3. The molecule has 1 aliphatic heterocycles. The fraction of sp³-hybridized carbons (Fsp3) is 0.650. The number of hydrogen-bond acceptors (Lipinski definition) is 5. The summed E-state index contributed by atoms with van der Waals surface area (Å²) >= 11 is 0. The topological polar surface area (TPSA) is 87.0 Å². The highest BCUT2D eigenvalue weighted by Crippen LogP contribution is 2.62. The van der Waals surface area contributed by atoms with Crippen molar-refractivity contribution in [3.05, 3.63) is 35.5 Å². The van der Waals surface area contributed by atoms with Gasteiger partial charge in [-0.3, -0.25) is 0 Å². The molecule has 2 aliphatic carbocycles. The Morgan fingerprint density at radius 2 is 1.92 bits per heavy atom. The fourth-order valence-corrected chi connectivity index (χ4v) is 4.98. The van der Waals surface area contributed by atoms with Crippen LogP contribution in [0.5, 0.6) is 0 Å². The molecule has 0 amide bonds. The first-order valence-electron chi connectivity index (χ1n) is 8.87. The summed E-state index contributed by atoms with van der Waals surface area (Å²) in [6, 6.07) is 0. The molecule has 5 nitrogen and oxygen atoms in total. The molecule has 0 aromatic carbocycles. The predicted molar refractivity (Wildman–Crippen MR) is 93.5 cm³/mol. The number of fused-ring (bicyclic) bond motifs is 1. The van der Waals surface area contributed by atoms with Crippen molar-refractivity contribution in [1.82, 2.24) is 0 Å². The molecular formula is C20H28O5. The minimum Gasteiger partial charge on any atom is -0.458 e. The van der Waals surface area contributed by atoms with Crippen molar-refractivity contribution in [3.63, 3.8) is 0 Å². The van der Waals surface area contributed by atoms with E-state index < -0.39 is 28.6 Å². The van der Waals surface area contributed by atoms with Gasteiger partial charge in [0, 0.05) is 16.9 Å². The van der Waals surface area contributed by atoms with Gasteiger partial charge in [0.25, 0.3) is 0 Å². The zero-order valence-electron chi connectivity index (χ0n) is 15.3. The molecule has 0 radical (unpaired) electrons. The molecule has 25 heavy (non-hydrogen) atoms. The zero-order chi connectivity index (χ0) is 18.6. The van der Waals surface area contributed by atoms with Gasteiger partial charge in [-0.05, 0) is 38.2 Å². The van der Waals surface area contributed by atoms with E-state index in [1.807, 2.05) is 26.8 Å². The van der Waals surface area contributed by atoms with Gasteiger partial charge in [-0.15, -0.1) is 0 Å². The highest BCUT2D eigenvalue weighted by atomic mass is 16.5. The molecule has 0 saturated heterocycles. The lowest BCUT2D eigenvalue weighted by molar-refractivity contribution is -0.252. The third-order valence-electron chi connectivity index (χ3n) is 7.11. The number of cyclic esters (lactones) is 1. The maximum atomic E-state index is 11.3. The van der Waals surface area contributed by atoms with Gasteiger partial charge in [0.2, 0.25) is 0 Å². The normalized spacial score (nSPS) is 47.3. The molecule has 1 saturated carbocycles. The lowest BCUT2D eigenvalue weighted by Gasteiger charge is -2.63. The van der Waals surface area contributed by atoms with Crippen LogP contribution >= 0.6 is 0 Å². The highest BCUT2D eigenvalue weighted by Gasteiger charge is 2.66. The predicted octanol–water partition coefficient (Wildman–Crippen LogP) is 1.88. The molecule has 6 atom stereocenters. The number of aliphatic hydroxyl groups is 3. The van der Waals surface area contributed by atoms with Crippen LogP contribution in [0.3, 0.4) is 0 Å². The van der Waals surface area contributed by atoms with E-state index in [0.29, 0.717) is 0 Å². The van der Waals surface area contributed by atoms with Crippen molar-refractivity contribution in [1.29, 1.82) is 0 Å². The van der Waals surface area contributed by atoms with Gasteiger partial charge in [-0.1, -0.05) is 37.6 Å². The summed E-state index contributed by atoms with van der Waals surface area (Å²) < 4.78 is 4.93. The third-order valence-corrected chi connectivity index (χ3v) is 7.11. The number of hydrogen-bond donors (Lipinski definition) is 3. The summed E-state index contributed by atoms with van der Waals surface area (Å²) in [6.45, 7) is 7.69. The van der Waals surface area contributed by atoms with Crippen molar-refractivity contribution in [2.24, 2.45) is 16.7 Å². The number of aliphatic hydroxyl groups excluding tert-OH is 2. The van der Waals surface area contributed by atoms with Crippen LogP contribution in [0.1, 0.15) is 40.5 Å². The Balaban J connectivity index is 2.08. The molecule has 1 heterocycles. The van der Waals surface area contributed by atoms with Crippen LogP contribution in [0.25, 0.3) is 0 Å². The van der Waals surface area contributed by atoms with E-state index in [1.54, 1.807) is 13.0 Å². The van der Waals surface area contributed by atoms with Gasteiger partial charge in [0.1, 0.15) is 12.7 Å². The second-order valence-electron chi connectivity index (χ2n) is 8.28. The van der Waals surface area contributed by atoms with Crippen LogP contribution in [0.4, 0.5) is 0 Å². The van der Waals surface area contributed by atoms with Gasteiger partial charge in [0.15, 0.2) is 0 Å². The minimum atomic E-state index is -1.51. The second kappa shape index (κ2) is 5.79. The van der Waals surface area contributed by atoms with E-state index in [-0.39, 0.29) is 18.5 Å². The minimum absolute atomic E-state index is 0.0479. The van der Waals surface area contributed by atoms with Crippen LogP contribution in [0, 0.1) is 16.7 Å². The molecule has 0 aromatic heterocycles. The Labute approximate surface area is 148 Å². The second-order valence-corrected chi connectivity index (χ2v) is 8.28. The summed E-state index contributed by atoms with van der Waals surface area (Å²) in [5.41, 5.74) is -1.11. The smallest absolute Gasteiger partial charge is 0.331 e. The summed E-state index contributed by atoms with van der Waals surface area (Å²) in [4.78, 5) is 11.3. The summed E-state index contributed by atoms with van der Waals surface area (Å²) in [5, 5.41) is 32.8. The van der Waals surface area contributed by atoms with Gasteiger partial charge < -0.3 is 20.1 Å². The Kier molecular flexibility index (Phi) is 4.26. The summed E-state index contributed by atoms with van der Waals surface area (Å²) in [6.07, 6.45) is 6.61. The molecule has 3 N–H and O–H groups in total. The molecule has 0 unspecified atom stereocenters. The van der Waals surface area contributed by atoms with E-state index in [9.17, 15) is 20.1 Å². The van der Waals surface area contributed by atoms with E-state index in [1.165, 1.54) is 6.08 Å². The molecule has 0 bridgehead atoms. The third kappa shape index (κ3) is 2.44. The molecule has 0 aromatic rings. The fourth-order valence-electron chi connectivity index (χ4n) is 4.98. The average molecular weight is 348 g/mol. The van der Waals surface area contributed by atoms with Crippen LogP contribution < -0.4 is 0 Å². The molecule has 3 aliphatic rings. The first-order valence-corrected chi connectivity index (χ1v) is 8.87. The largest absolute Gasteiger partial charge is 0.458 e. The van der Waals surface area contributed by atoms with Crippen molar-refractivity contribution >= 4 is 5.97 Å². The van der Waals surface area contributed by atoms with Gasteiger partial charge in [-0.25, -0.2) is 4.79 Å². The Morgan fingerprint density at radius 1 is 1.24 bits per heavy atom. The maximum absolute atomic E-state index is 11.3. The molecule has 3 rings (SSSR count). The number of carbonyl (C=O) groups is 1. The van der Waals surface area contributed by atoms with E-state index in [4.69, 9.17) is 4.74 Å². The lowest BCUT2D eigenvalue weighted by atomic mass is 9.44. The highest BCUT2D eigenvalue weighted by molar-refractivity contribution is 5.86. The Morgan fingerprint density at radius 3 is 2.52 bits per heavy atom. The van der Waals surface area contributed by atoms with E-state index >= 15 is 0 Å². The van der Waals surface area contributed by atoms with E-state index in [0.717, 1.165) is 24.0 Å². The lowest BCUT2D eigenvalue weighted by Crippen LogP contribution is -2.71. The Hall–Kier alpha value is -1.43. The number of allylic oxidation sites excluding steroid dienone is 1. The van der Waals surface area contributed by atoms with Crippen LogP contribution in [-0.4, -0.2) is 45.7 Å².